The SMILES string of the molecule is CCOc1ccccc1Nc1nncc(Nc2c(C)cccc2CC)n1. The van der Waals surface area contributed by atoms with Crippen molar-refractivity contribution in [2.75, 3.05) is 17.2 Å². The second-order valence-electron chi connectivity index (χ2n) is 5.81. The zero-order valence-electron chi connectivity index (χ0n) is 15.3. The number of para-hydroxylation sites is 3. The first kappa shape index (κ1) is 17.7. The van der Waals surface area contributed by atoms with Gasteiger partial charge in [0.25, 0.3) is 0 Å². The largest absolute Gasteiger partial charge is 0.492 e. The van der Waals surface area contributed by atoms with Crippen molar-refractivity contribution in [3.63, 3.8) is 0 Å². The van der Waals surface area contributed by atoms with Gasteiger partial charge in [0.1, 0.15) is 5.75 Å². The first-order valence-electron chi connectivity index (χ1n) is 8.75. The Hall–Kier alpha value is -3.15. The standard InChI is InChI=1S/C20H23N5O/c1-4-15-10-8-9-14(3)19(15)23-18-13-21-25-20(24-18)22-16-11-6-7-12-17(16)26-5-2/h6-13H,4-5H2,1-3H3,(H2,22,23,24,25). The van der Waals surface area contributed by atoms with Crippen molar-refractivity contribution in [1.82, 2.24) is 15.2 Å². The molecule has 6 heteroatoms. The predicted octanol–water partition coefficient (Wildman–Crippen LogP) is 4.63. The summed E-state index contributed by atoms with van der Waals surface area (Å²) in [4.78, 5) is 4.53. The van der Waals surface area contributed by atoms with Crippen LogP contribution >= 0.6 is 0 Å². The lowest BCUT2D eigenvalue weighted by Crippen LogP contribution is -2.05. The summed E-state index contributed by atoms with van der Waals surface area (Å²) in [6, 6.07) is 13.9. The van der Waals surface area contributed by atoms with Crippen LogP contribution in [0.2, 0.25) is 0 Å². The fraction of sp³-hybridized carbons (Fsp3) is 0.250. The fourth-order valence-electron chi connectivity index (χ4n) is 2.72. The van der Waals surface area contributed by atoms with Crippen LogP contribution in [0.3, 0.4) is 0 Å². The maximum Gasteiger partial charge on any atom is 0.249 e. The molecular formula is C20H23N5O. The van der Waals surface area contributed by atoms with Gasteiger partial charge >= 0.3 is 0 Å². The van der Waals surface area contributed by atoms with E-state index in [9.17, 15) is 0 Å². The number of nitrogens with zero attached hydrogens (tertiary/aromatic N) is 3. The first-order valence-corrected chi connectivity index (χ1v) is 8.75. The molecule has 0 aliphatic heterocycles. The van der Waals surface area contributed by atoms with Gasteiger partial charge in [-0.2, -0.15) is 10.1 Å². The zero-order valence-corrected chi connectivity index (χ0v) is 15.3. The molecule has 1 heterocycles. The summed E-state index contributed by atoms with van der Waals surface area (Å²) in [6.45, 7) is 6.75. The van der Waals surface area contributed by atoms with Gasteiger partial charge in [-0.3, -0.25) is 0 Å². The molecule has 0 radical (unpaired) electrons. The second-order valence-corrected chi connectivity index (χ2v) is 5.81. The third kappa shape index (κ3) is 4.08. The molecule has 2 N–H and O–H groups in total. The highest BCUT2D eigenvalue weighted by Crippen LogP contribution is 2.27. The third-order valence-corrected chi connectivity index (χ3v) is 3.99. The molecule has 0 fully saturated rings. The van der Waals surface area contributed by atoms with Gasteiger partial charge in [-0.15, -0.1) is 5.10 Å². The number of hydrogen-bond donors (Lipinski definition) is 2. The van der Waals surface area contributed by atoms with Gasteiger partial charge < -0.3 is 15.4 Å². The highest BCUT2D eigenvalue weighted by molar-refractivity contribution is 5.66. The lowest BCUT2D eigenvalue weighted by atomic mass is 10.1. The Labute approximate surface area is 153 Å². The topological polar surface area (TPSA) is 72.0 Å². The van der Waals surface area contributed by atoms with E-state index in [4.69, 9.17) is 4.74 Å². The number of anilines is 4. The third-order valence-electron chi connectivity index (χ3n) is 3.99. The molecule has 0 saturated heterocycles. The number of aryl methyl sites for hydroxylation is 2. The summed E-state index contributed by atoms with van der Waals surface area (Å²) in [6.07, 6.45) is 2.56. The molecule has 26 heavy (non-hydrogen) atoms. The second kappa shape index (κ2) is 8.29. The molecule has 0 amide bonds. The molecule has 3 rings (SSSR count). The molecule has 0 aliphatic carbocycles. The Morgan fingerprint density at radius 3 is 2.65 bits per heavy atom. The summed E-state index contributed by atoms with van der Waals surface area (Å²) in [5, 5.41) is 14.7. The Morgan fingerprint density at radius 2 is 1.85 bits per heavy atom. The number of aromatic nitrogens is 3. The van der Waals surface area contributed by atoms with Crippen molar-refractivity contribution in [2.45, 2.75) is 27.2 Å². The minimum atomic E-state index is 0.411. The van der Waals surface area contributed by atoms with E-state index in [1.165, 1.54) is 11.1 Å². The van der Waals surface area contributed by atoms with Crippen molar-refractivity contribution in [3.05, 3.63) is 59.8 Å². The van der Waals surface area contributed by atoms with Crippen molar-refractivity contribution in [2.24, 2.45) is 0 Å². The van der Waals surface area contributed by atoms with Crippen LogP contribution in [-0.2, 0) is 6.42 Å². The van der Waals surface area contributed by atoms with Gasteiger partial charge in [0, 0.05) is 5.69 Å². The van der Waals surface area contributed by atoms with Crippen molar-refractivity contribution >= 4 is 23.1 Å². The van der Waals surface area contributed by atoms with Gasteiger partial charge in [-0.05, 0) is 43.5 Å². The fourth-order valence-corrected chi connectivity index (χ4v) is 2.72. The number of ether oxygens (including phenoxy) is 1. The van der Waals surface area contributed by atoms with Gasteiger partial charge in [-0.25, -0.2) is 0 Å². The average molecular weight is 349 g/mol. The molecule has 0 aliphatic rings. The molecule has 0 atom stereocenters. The number of nitrogens with one attached hydrogen (secondary N) is 2. The molecule has 2 aromatic carbocycles. The summed E-state index contributed by atoms with van der Waals surface area (Å²) >= 11 is 0. The average Bonchev–Trinajstić information content (AvgIpc) is 2.65. The van der Waals surface area contributed by atoms with Crippen LogP contribution in [0.1, 0.15) is 25.0 Å². The smallest absolute Gasteiger partial charge is 0.249 e. The van der Waals surface area contributed by atoms with Crippen LogP contribution in [-0.4, -0.2) is 21.8 Å². The van der Waals surface area contributed by atoms with Crippen LogP contribution in [0.25, 0.3) is 0 Å². The molecule has 0 unspecified atom stereocenters. The maximum atomic E-state index is 5.63. The maximum absolute atomic E-state index is 5.63. The molecule has 6 nitrogen and oxygen atoms in total. The van der Waals surface area contributed by atoms with Crippen LogP contribution < -0.4 is 15.4 Å². The van der Waals surface area contributed by atoms with Crippen LogP contribution in [0.4, 0.5) is 23.1 Å². The van der Waals surface area contributed by atoms with Crippen molar-refractivity contribution in [3.8, 4) is 5.75 Å². The van der Waals surface area contributed by atoms with Crippen LogP contribution in [0.5, 0.6) is 5.75 Å². The Morgan fingerprint density at radius 1 is 1.00 bits per heavy atom. The quantitative estimate of drug-likeness (QED) is 0.648. The lowest BCUT2D eigenvalue weighted by Gasteiger charge is -2.14. The highest BCUT2D eigenvalue weighted by atomic mass is 16.5. The molecule has 0 bridgehead atoms. The Kier molecular flexibility index (Phi) is 5.63. The van der Waals surface area contributed by atoms with Crippen molar-refractivity contribution < 1.29 is 4.74 Å². The summed E-state index contributed by atoms with van der Waals surface area (Å²) < 4.78 is 5.63. The predicted molar refractivity (Wildman–Crippen MR) is 105 cm³/mol. The van der Waals surface area contributed by atoms with Gasteiger partial charge in [-0.1, -0.05) is 37.3 Å². The summed E-state index contributed by atoms with van der Waals surface area (Å²) in [5.41, 5.74) is 4.27. The monoisotopic (exact) mass is 349 g/mol. The van der Waals surface area contributed by atoms with E-state index in [0.29, 0.717) is 18.4 Å². The molecule has 1 aromatic heterocycles. The molecule has 0 saturated carbocycles. The van der Waals surface area contributed by atoms with Gasteiger partial charge in [0.15, 0.2) is 5.82 Å². The van der Waals surface area contributed by atoms with Crippen molar-refractivity contribution in [1.29, 1.82) is 0 Å². The van der Waals surface area contributed by atoms with E-state index in [2.05, 4.69) is 57.9 Å². The molecule has 134 valence electrons. The van der Waals surface area contributed by atoms with E-state index in [0.717, 1.165) is 23.5 Å². The summed E-state index contributed by atoms with van der Waals surface area (Å²) in [7, 11) is 0. The first-order chi connectivity index (χ1) is 12.7. The minimum Gasteiger partial charge on any atom is -0.492 e. The van der Waals surface area contributed by atoms with E-state index in [-0.39, 0.29) is 0 Å². The summed E-state index contributed by atoms with van der Waals surface area (Å²) in [5.74, 6) is 1.80. The van der Waals surface area contributed by atoms with E-state index >= 15 is 0 Å². The van der Waals surface area contributed by atoms with Gasteiger partial charge in [0.05, 0.1) is 18.5 Å². The molecule has 0 spiro atoms. The Bertz CT molecular complexity index is 882. The molecule has 3 aromatic rings. The number of hydrogen-bond acceptors (Lipinski definition) is 6. The Balaban J connectivity index is 1.84. The zero-order chi connectivity index (χ0) is 18.4. The molecular weight excluding hydrogens is 326 g/mol. The van der Waals surface area contributed by atoms with E-state index in [1.54, 1.807) is 6.20 Å². The minimum absolute atomic E-state index is 0.411. The lowest BCUT2D eigenvalue weighted by molar-refractivity contribution is 0.342. The van der Waals surface area contributed by atoms with E-state index < -0.39 is 0 Å². The number of rotatable bonds is 7. The van der Waals surface area contributed by atoms with Crippen LogP contribution in [0, 0.1) is 6.92 Å². The van der Waals surface area contributed by atoms with Crippen LogP contribution in [0.15, 0.2) is 48.7 Å². The highest BCUT2D eigenvalue weighted by Gasteiger charge is 2.09. The van der Waals surface area contributed by atoms with Gasteiger partial charge in [0.2, 0.25) is 5.95 Å². The van der Waals surface area contributed by atoms with E-state index in [1.807, 2.05) is 31.2 Å². The number of benzene rings is 2. The normalized spacial score (nSPS) is 10.4.